The van der Waals surface area contributed by atoms with Gasteiger partial charge in [-0.3, -0.25) is 9.80 Å². The molecule has 0 saturated carbocycles. The topological polar surface area (TPSA) is 13.0 Å². The Labute approximate surface area is 137 Å². The summed E-state index contributed by atoms with van der Waals surface area (Å²) in [7, 11) is 4.35. The van der Waals surface area contributed by atoms with Gasteiger partial charge in [-0.05, 0) is 14.1 Å². The summed E-state index contributed by atoms with van der Waals surface area (Å²) in [6.07, 6.45) is 0. The third-order valence-electron chi connectivity index (χ3n) is 4.00. The van der Waals surface area contributed by atoms with Crippen molar-refractivity contribution in [1.29, 1.82) is 0 Å². The maximum absolute atomic E-state index is 6.57. The first-order valence-corrected chi connectivity index (χ1v) is 7.58. The number of nitrogens with zero attached hydrogens (tertiary/aromatic N) is 4. The zero-order valence-corrected chi connectivity index (χ0v) is 14.4. The van der Waals surface area contributed by atoms with Crippen LogP contribution in [0, 0.1) is 0 Å². The van der Waals surface area contributed by atoms with Crippen LogP contribution in [0.4, 0.5) is 0 Å². The van der Waals surface area contributed by atoms with Gasteiger partial charge >= 0.3 is 17.1 Å². The summed E-state index contributed by atoms with van der Waals surface area (Å²) in [5, 5.41) is 0. The van der Waals surface area contributed by atoms with Crippen molar-refractivity contribution >= 4 is 23.2 Å². The predicted molar refractivity (Wildman–Crippen MR) is 77.4 cm³/mol. The summed E-state index contributed by atoms with van der Waals surface area (Å²) >= 11 is 13.1. The molecule has 0 N–H and O–H groups in total. The van der Waals surface area contributed by atoms with E-state index >= 15 is 0 Å². The van der Waals surface area contributed by atoms with Gasteiger partial charge in [0.1, 0.15) is 11.0 Å². The van der Waals surface area contributed by atoms with E-state index in [0.29, 0.717) is 0 Å². The maximum atomic E-state index is 6.57. The molecular formula is C12H24Cl2MnN4+2. The quantitative estimate of drug-likeness (QED) is 0.361. The van der Waals surface area contributed by atoms with Gasteiger partial charge in [-0.15, -0.1) is 23.2 Å². The van der Waals surface area contributed by atoms with E-state index in [1.807, 2.05) is 0 Å². The van der Waals surface area contributed by atoms with Crippen molar-refractivity contribution in [3.8, 4) is 0 Å². The van der Waals surface area contributed by atoms with Crippen molar-refractivity contribution in [3.63, 3.8) is 0 Å². The molecule has 0 aromatic heterocycles. The van der Waals surface area contributed by atoms with E-state index in [0.717, 1.165) is 52.4 Å². The Morgan fingerprint density at radius 2 is 0.895 bits per heavy atom. The Hall–Kier alpha value is 0.939. The Morgan fingerprint density at radius 1 is 0.632 bits per heavy atom. The van der Waals surface area contributed by atoms with E-state index in [1.54, 1.807) is 0 Å². The van der Waals surface area contributed by atoms with Crippen molar-refractivity contribution in [2.45, 2.75) is 11.0 Å². The number of halogens is 2. The molecule has 2 saturated heterocycles. The van der Waals surface area contributed by atoms with Crippen LogP contribution >= 0.6 is 23.2 Å². The first-order valence-electron chi connectivity index (χ1n) is 6.71. The van der Waals surface area contributed by atoms with Gasteiger partial charge in [0, 0.05) is 52.4 Å². The Morgan fingerprint density at radius 3 is 1.16 bits per heavy atom. The van der Waals surface area contributed by atoms with Crippen LogP contribution in [0.1, 0.15) is 0 Å². The molecule has 2 rings (SSSR count). The summed E-state index contributed by atoms with van der Waals surface area (Å²) in [4.78, 5) is 9.36. The van der Waals surface area contributed by atoms with Gasteiger partial charge in [0.2, 0.25) is 0 Å². The van der Waals surface area contributed by atoms with Gasteiger partial charge in [0.15, 0.2) is 0 Å². The monoisotopic (exact) mass is 349 g/mol. The zero-order chi connectivity index (χ0) is 13.1. The molecule has 2 fully saturated rings. The van der Waals surface area contributed by atoms with E-state index in [-0.39, 0.29) is 28.1 Å². The van der Waals surface area contributed by atoms with Crippen molar-refractivity contribution in [2.24, 2.45) is 0 Å². The number of rotatable bonds is 0. The van der Waals surface area contributed by atoms with Crippen LogP contribution in [0.25, 0.3) is 0 Å². The zero-order valence-electron chi connectivity index (χ0n) is 11.7. The molecule has 0 aliphatic carbocycles. The van der Waals surface area contributed by atoms with Crippen LogP contribution in [-0.2, 0) is 17.1 Å². The van der Waals surface area contributed by atoms with Gasteiger partial charge < -0.3 is 9.80 Å². The summed E-state index contributed by atoms with van der Waals surface area (Å²) in [6, 6.07) is 0. The standard InChI is InChI=1S/C12H24Cl2N4.Mn/c1-15-3-7-17-9-5-16(2)6-10-18(8-4-15)12(14)11(17)13;/h11-12H,3-10H2,1-2H3;/q;+2. The summed E-state index contributed by atoms with van der Waals surface area (Å²) in [5.74, 6) is 0. The molecule has 0 aromatic carbocycles. The van der Waals surface area contributed by atoms with E-state index in [9.17, 15) is 0 Å². The second-order valence-electron chi connectivity index (χ2n) is 5.42. The number of hydrogen-bond donors (Lipinski definition) is 0. The second kappa shape index (κ2) is 8.40. The van der Waals surface area contributed by atoms with Gasteiger partial charge in [0.25, 0.3) is 0 Å². The fourth-order valence-corrected chi connectivity index (χ4v) is 3.19. The molecule has 2 aliphatic rings. The van der Waals surface area contributed by atoms with Crippen LogP contribution in [0.15, 0.2) is 0 Å². The summed E-state index contributed by atoms with van der Waals surface area (Å²) < 4.78 is 0. The molecule has 0 aromatic rings. The fraction of sp³-hybridized carbons (Fsp3) is 1.00. The number of alkyl halides is 2. The molecule has 0 amide bonds. The largest absolute Gasteiger partial charge is 2.00 e. The molecule has 2 atom stereocenters. The first kappa shape index (κ1) is 18.0. The molecule has 2 bridgehead atoms. The van der Waals surface area contributed by atoms with Gasteiger partial charge in [-0.2, -0.15) is 0 Å². The maximum Gasteiger partial charge on any atom is 2.00 e. The van der Waals surface area contributed by atoms with Gasteiger partial charge in [-0.25, -0.2) is 0 Å². The molecule has 2 aliphatic heterocycles. The van der Waals surface area contributed by atoms with Crippen LogP contribution in [-0.4, -0.2) is 97.1 Å². The first-order chi connectivity index (χ1) is 8.58. The van der Waals surface area contributed by atoms with E-state index in [4.69, 9.17) is 23.2 Å². The van der Waals surface area contributed by atoms with Gasteiger partial charge in [-0.1, -0.05) is 0 Å². The fourth-order valence-electron chi connectivity index (χ4n) is 2.49. The van der Waals surface area contributed by atoms with Crippen molar-refractivity contribution < 1.29 is 17.1 Å². The minimum Gasteiger partial charge on any atom is -0.304 e. The molecule has 2 unspecified atom stereocenters. The van der Waals surface area contributed by atoms with Crippen molar-refractivity contribution in [2.75, 3.05) is 66.5 Å². The molecular weight excluding hydrogens is 326 g/mol. The van der Waals surface area contributed by atoms with E-state index in [1.165, 1.54) is 0 Å². The summed E-state index contributed by atoms with van der Waals surface area (Å²) in [6.45, 7) is 8.22. The molecule has 4 nitrogen and oxygen atoms in total. The summed E-state index contributed by atoms with van der Waals surface area (Å²) in [5.41, 5.74) is -0.186. The van der Waals surface area contributed by atoms with Crippen molar-refractivity contribution in [1.82, 2.24) is 19.6 Å². The number of hydrogen-bond acceptors (Lipinski definition) is 4. The third kappa shape index (κ3) is 5.01. The molecule has 0 spiro atoms. The molecule has 19 heavy (non-hydrogen) atoms. The number of fused-ring (bicyclic) bond motifs is 3. The van der Waals surface area contributed by atoms with Crippen LogP contribution < -0.4 is 0 Å². The van der Waals surface area contributed by atoms with Crippen LogP contribution in [0.3, 0.4) is 0 Å². The average Bonchev–Trinajstić information content (AvgIpc) is 2.42. The minimum absolute atomic E-state index is 0. The molecule has 2 heterocycles. The van der Waals surface area contributed by atoms with Crippen molar-refractivity contribution in [3.05, 3.63) is 0 Å². The van der Waals surface area contributed by atoms with Gasteiger partial charge in [0.05, 0.1) is 0 Å². The average molecular weight is 350 g/mol. The molecule has 7 heteroatoms. The Bertz CT molecular complexity index is 230. The van der Waals surface area contributed by atoms with E-state index < -0.39 is 0 Å². The SMILES string of the molecule is CN1CCN2CCN(C)CCN(CC1)C(Cl)C2Cl.[Mn+2]. The number of likely N-dealkylation sites (N-methyl/N-ethyl adjacent to an activating group) is 2. The smallest absolute Gasteiger partial charge is 0.304 e. The Balaban J connectivity index is 0.00000180. The molecule has 1 radical (unpaired) electrons. The Kier molecular flexibility index (Phi) is 7.95. The normalized spacial score (nSPS) is 39.2. The molecule has 111 valence electrons. The predicted octanol–water partition coefficient (Wildman–Crippen LogP) is 0.608. The minimum atomic E-state index is -0.0929. The third-order valence-corrected chi connectivity index (χ3v) is 5.16. The van der Waals surface area contributed by atoms with Crippen LogP contribution in [0.2, 0.25) is 0 Å². The van der Waals surface area contributed by atoms with Crippen LogP contribution in [0.5, 0.6) is 0 Å². The van der Waals surface area contributed by atoms with E-state index in [2.05, 4.69) is 33.7 Å². The second-order valence-corrected chi connectivity index (χ2v) is 6.32.